The van der Waals surface area contributed by atoms with E-state index in [1.165, 1.54) is 11.1 Å². The van der Waals surface area contributed by atoms with Crippen LogP contribution < -0.4 is 5.32 Å². The van der Waals surface area contributed by atoms with Gasteiger partial charge in [-0.2, -0.15) is 0 Å². The molecule has 0 saturated heterocycles. The first-order valence-corrected chi connectivity index (χ1v) is 4.75. The summed E-state index contributed by atoms with van der Waals surface area (Å²) in [6.45, 7) is 3.84. The van der Waals surface area contributed by atoms with Crippen molar-refractivity contribution in [3.05, 3.63) is 34.9 Å². The molecule has 0 aromatic heterocycles. The van der Waals surface area contributed by atoms with Crippen LogP contribution in [0.1, 0.15) is 29.2 Å². The van der Waals surface area contributed by atoms with Gasteiger partial charge < -0.3 is 10.4 Å². The highest BCUT2D eigenvalue weighted by Gasteiger charge is 2.15. The van der Waals surface area contributed by atoms with Crippen LogP contribution in [0.15, 0.2) is 18.2 Å². The molecule has 1 aromatic rings. The topological polar surface area (TPSA) is 32.3 Å². The number of hydrogen-bond donors (Lipinski definition) is 2. The summed E-state index contributed by atoms with van der Waals surface area (Å²) in [6.07, 6.45) is 0.529. The van der Waals surface area contributed by atoms with E-state index < -0.39 is 0 Å². The number of hydrogen-bond acceptors (Lipinski definition) is 2. The molecule has 2 nitrogen and oxygen atoms in total. The molecular formula is C11H15NO. The molecule has 70 valence electrons. The van der Waals surface area contributed by atoms with E-state index in [0.29, 0.717) is 0 Å². The molecule has 0 spiro atoms. The first-order chi connectivity index (χ1) is 6.27. The van der Waals surface area contributed by atoms with Crippen LogP contribution >= 0.6 is 0 Å². The molecule has 1 unspecified atom stereocenters. The van der Waals surface area contributed by atoms with Crippen molar-refractivity contribution in [2.45, 2.75) is 26.0 Å². The molecule has 1 atom stereocenters. The number of rotatable bonds is 0. The minimum absolute atomic E-state index is 0.287. The maximum atomic E-state index is 9.83. The Bertz CT molecular complexity index is 309. The van der Waals surface area contributed by atoms with Crippen molar-refractivity contribution >= 4 is 0 Å². The van der Waals surface area contributed by atoms with E-state index in [1.807, 2.05) is 0 Å². The Morgan fingerprint density at radius 1 is 1.46 bits per heavy atom. The number of fused-ring (bicyclic) bond motifs is 1. The average molecular weight is 177 g/mol. The molecule has 1 aliphatic heterocycles. The van der Waals surface area contributed by atoms with Gasteiger partial charge >= 0.3 is 0 Å². The highest BCUT2D eigenvalue weighted by atomic mass is 16.3. The van der Waals surface area contributed by atoms with Gasteiger partial charge in [-0.15, -0.1) is 0 Å². The minimum atomic E-state index is -0.287. The van der Waals surface area contributed by atoms with Crippen LogP contribution in [0.25, 0.3) is 0 Å². The Morgan fingerprint density at radius 3 is 3.15 bits per heavy atom. The van der Waals surface area contributed by atoms with Crippen molar-refractivity contribution in [3.8, 4) is 0 Å². The summed E-state index contributed by atoms with van der Waals surface area (Å²) in [6, 6.07) is 6.29. The largest absolute Gasteiger partial charge is 0.388 e. The normalized spacial score (nSPS) is 22.2. The van der Waals surface area contributed by atoms with E-state index in [0.717, 1.165) is 25.1 Å². The fourth-order valence-electron chi connectivity index (χ4n) is 1.80. The van der Waals surface area contributed by atoms with E-state index in [-0.39, 0.29) is 6.10 Å². The van der Waals surface area contributed by atoms with Gasteiger partial charge in [-0.1, -0.05) is 23.8 Å². The van der Waals surface area contributed by atoms with Gasteiger partial charge in [-0.25, -0.2) is 0 Å². The summed E-state index contributed by atoms with van der Waals surface area (Å²) in [4.78, 5) is 0. The zero-order chi connectivity index (χ0) is 9.26. The molecule has 1 aliphatic rings. The second-order valence-corrected chi connectivity index (χ2v) is 3.68. The van der Waals surface area contributed by atoms with Crippen LogP contribution in [0.3, 0.4) is 0 Å². The quantitative estimate of drug-likeness (QED) is 0.629. The first kappa shape index (κ1) is 8.73. The summed E-state index contributed by atoms with van der Waals surface area (Å²) in [5.41, 5.74) is 3.56. The Balaban J connectivity index is 2.43. The predicted molar refractivity (Wildman–Crippen MR) is 52.5 cm³/mol. The molecule has 0 fully saturated rings. The highest BCUT2D eigenvalue weighted by Crippen LogP contribution is 2.24. The smallest absolute Gasteiger partial charge is 0.0805 e. The van der Waals surface area contributed by atoms with Gasteiger partial charge in [-0.05, 0) is 31.0 Å². The van der Waals surface area contributed by atoms with Gasteiger partial charge in [0, 0.05) is 6.54 Å². The molecule has 0 bridgehead atoms. The van der Waals surface area contributed by atoms with Gasteiger partial charge in [0.05, 0.1) is 6.10 Å². The fraction of sp³-hybridized carbons (Fsp3) is 0.455. The van der Waals surface area contributed by atoms with E-state index >= 15 is 0 Å². The molecule has 0 radical (unpaired) electrons. The second-order valence-electron chi connectivity index (χ2n) is 3.68. The number of benzene rings is 1. The van der Waals surface area contributed by atoms with Crippen molar-refractivity contribution in [2.75, 3.05) is 6.54 Å². The summed E-state index contributed by atoms with van der Waals surface area (Å²) in [5, 5.41) is 13.1. The van der Waals surface area contributed by atoms with E-state index in [2.05, 4.69) is 30.4 Å². The second kappa shape index (κ2) is 3.48. The van der Waals surface area contributed by atoms with Crippen molar-refractivity contribution < 1.29 is 5.11 Å². The van der Waals surface area contributed by atoms with Crippen LogP contribution in [-0.4, -0.2) is 11.7 Å². The molecule has 2 N–H and O–H groups in total. The zero-order valence-electron chi connectivity index (χ0n) is 7.88. The van der Waals surface area contributed by atoms with Crippen molar-refractivity contribution in [1.82, 2.24) is 5.32 Å². The highest BCUT2D eigenvalue weighted by molar-refractivity contribution is 5.33. The average Bonchev–Trinajstić information content (AvgIpc) is 2.29. The van der Waals surface area contributed by atoms with Crippen molar-refractivity contribution in [1.29, 1.82) is 0 Å². The third-order valence-electron chi connectivity index (χ3n) is 2.57. The van der Waals surface area contributed by atoms with Gasteiger partial charge in [0.1, 0.15) is 0 Å². The minimum Gasteiger partial charge on any atom is -0.388 e. The maximum absolute atomic E-state index is 9.83. The third kappa shape index (κ3) is 1.74. The lowest BCUT2D eigenvalue weighted by atomic mass is 9.99. The summed E-state index contributed by atoms with van der Waals surface area (Å²) in [5.74, 6) is 0. The number of aryl methyl sites for hydroxylation is 1. The summed E-state index contributed by atoms with van der Waals surface area (Å²) >= 11 is 0. The van der Waals surface area contributed by atoms with Crippen LogP contribution in [0.5, 0.6) is 0 Å². The molecule has 0 aliphatic carbocycles. The molecule has 2 heteroatoms. The van der Waals surface area contributed by atoms with Crippen LogP contribution in [-0.2, 0) is 6.54 Å². The Kier molecular flexibility index (Phi) is 2.34. The predicted octanol–water partition coefficient (Wildman–Crippen LogP) is 1.52. The summed E-state index contributed by atoms with van der Waals surface area (Å²) in [7, 11) is 0. The lowest BCUT2D eigenvalue weighted by molar-refractivity contribution is 0.170. The van der Waals surface area contributed by atoms with Crippen LogP contribution in [0, 0.1) is 6.92 Å². The standard InChI is InChI=1S/C11H15NO/c1-8-2-3-9-7-12-5-4-11(13)10(9)6-8/h2-3,6,11-13H,4-5,7H2,1H3. The Morgan fingerprint density at radius 2 is 2.31 bits per heavy atom. The Hall–Kier alpha value is -0.860. The zero-order valence-corrected chi connectivity index (χ0v) is 7.88. The molecule has 0 amide bonds. The van der Waals surface area contributed by atoms with E-state index in [1.54, 1.807) is 0 Å². The van der Waals surface area contributed by atoms with Crippen LogP contribution in [0.2, 0.25) is 0 Å². The lowest BCUT2D eigenvalue weighted by Gasteiger charge is -2.11. The van der Waals surface area contributed by atoms with Gasteiger partial charge in [0.15, 0.2) is 0 Å². The first-order valence-electron chi connectivity index (χ1n) is 4.75. The lowest BCUT2D eigenvalue weighted by Crippen LogP contribution is -2.12. The Labute approximate surface area is 78.6 Å². The molecule has 1 aromatic carbocycles. The molecule has 0 saturated carbocycles. The molecule has 2 rings (SSSR count). The molecule has 13 heavy (non-hydrogen) atoms. The SMILES string of the molecule is Cc1ccc2c(c1)C(O)CCNC2. The molecule has 1 heterocycles. The summed E-state index contributed by atoms with van der Waals surface area (Å²) < 4.78 is 0. The van der Waals surface area contributed by atoms with Gasteiger partial charge in [-0.3, -0.25) is 0 Å². The van der Waals surface area contributed by atoms with E-state index in [4.69, 9.17) is 0 Å². The number of nitrogens with one attached hydrogen (secondary N) is 1. The van der Waals surface area contributed by atoms with Crippen molar-refractivity contribution in [3.63, 3.8) is 0 Å². The van der Waals surface area contributed by atoms with E-state index in [9.17, 15) is 5.11 Å². The monoisotopic (exact) mass is 177 g/mol. The number of aliphatic hydroxyl groups excluding tert-OH is 1. The molecular weight excluding hydrogens is 162 g/mol. The third-order valence-corrected chi connectivity index (χ3v) is 2.57. The van der Waals surface area contributed by atoms with Crippen molar-refractivity contribution in [2.24, 2.45) is 0 Å². The maximum Gasteiger partial charge on any atom is 0.0805 e. The van der Waals surface area contributed by atoms with Gasteiger partial charge in [0.2, 0.25) is 0 Å². The van der Waals surface area contributed by atoms with Crippen LogP contribution in [0.4, 0.5) is 0 Å². The van der Waals surface area contributed by atoms with Gasteiger partial charge in [0.25, 0.3) is 0 Å². The fourth-order valence-corrected chi connectivity index (χ4v) is 1.80. The number of aliphatic hydroxyl groups is 1.